The fraction of sp³-hybridized carbons (Fsp3) is 1.00. The molecule has 0 aromatic carbocycles. The van der Waals surface area contributed by atoms with Crippen LogP contribution in [0.3, 0.4) is 0 Å². The molecule has 0 saturated heterocycles. The average Bonchev–Trinajstić information content (AvgIpc) is 1.83. The Morgan fingerprint density at radius 3 is 2.50 bits per heavy atom. The van der Waals surface area contributed by atoms with Gasteiger partial charge in [-0.1, -0.05) is 26.7 Å². The Bertz CT molecular complexity index is 43.7. The van der Waals surface area contributed by atoms with Crippen molar-refractivity contribution in [3.05, 3.63) is 0 Å². The first-order valence-electron chi connectivity index (χ1n) is 3.51. The van der Waals surface area contributed by atoms with E-state index >= 15 is 0 Å². The average molecular weight is 132 g/mol. The van der Waals surface area contributed by atoms with E-state index in [0.717, 1.165) is 5.92 Å². The highest BCUT2D eigenvalue weighted by Crippen LogP contribution is 2.09. The van der Waals surface area contributed by atoms with Crippen molar-refractivity contribution in [2.45, 2.75) is 33.1 Å². The fourth-order valence-electron chi connectivity index (χ4n) is 0.670. The second-order valence-electron chi connectivity index (χ2n) is 2.44. The highest BCUT2D eigenvalue weighted by atomic mass is 31.0. The molecule has 0 aliphatic rings. The maximum atomic E-state index is 2.77. The molecular formula is C7H17P. The molecule has 0 fully saturated rings. The van der Waals surface area contributed by atoms with E-state index in [0.29, 0.717) is 0 Å². The Morgan fingerprint density at radius 2 is 2.12 bits per heavy atom. The van der Waals surface area contributed by atoms with Crippen LogP contribution < -0.4 is 0 Å². The van der Waals surface area contributed by atoms with Gasteiger partial charge in [-0.3, -0.25) is 0 Å². The molecule has 0 N–H and O–H groups in total. The van der Waals surface area contributed by atoms with Gasteiger partial charge in [0.25, 0.3) is 0 Å². The summed E-state index contributed by atoms with van der Waals surface area (Å²) in [5.74, 6) is 0.940. The maximum Gasteiger partial charge on any atom is -0.0381 e. The molecule has 0 saturated carbocycles. The number of hydrogen-bond acceptors (Lipinski definition) is 0. The van der Waals surface area contributed by atoms with E-state index in [1.807, 2.05) is 0 Å². The minimum Gasteiger partial charge on any atom is -0.138 e. The van der Waals surface area contributed by atoms with Crippen molar-refractivity contribution in [2.75, 3.05) is 6.16 Å². The van der Waals surface area contributed by atoms with E-state index in [2.05, 4.69) is 23.1 Å². The number of rotatable bonds is 4. The van der Waals surface area contributed by atoms with Gasteiger partial charge in [-0.2, -0.15) is 0 Å². The maximum absolute atomic E-state index is 2.77. The second kappa shape index (κ2) is 5.56. The van der Waals surface area contributed by atoms with Crippen LogP contribution in [0.4, 0.5) is 0 Å². The monoisotopic (exact) mass is 132 g/mol. The predicted octanol–water partition coefficient (Wildman–Crippen LogP) is 2.69. The van der Waals surface area contributed by atoms with Gasteiger partial charge < -0.3 is 0 Å². The molecule has 0 aromatic rings. The summed E-state index contributed by atoms with van der Waals surface area (Å²) in [6.45, 7) is 4.58. The third-order valence-electron chi connectivity index (χ3n) is 1.60. The van der Waals surface area contributed by atoms with Gasteiger partial charge in [0.15, 0.2) is 0 Å². The lowest BCUT2D eigenvalue weighted by molar-refractivity contribution is 0.511. The second-order valence-corrected chi connectivity index (χ2v) is 3.02. The van der Waals surface area contributed by atoms with Crippen LogP contribution in [0, 0.1) is 5.92 Å². The molecule has 50 valence electrons. The molecule has 0 spiro atoms. The summed E-state index contributed by atoms with van der Waals surface area (Å²) in [5.41, 5.74) is 0. The third kappa shape index (κ3) is 4.59. The van der Waals surface area contributed by atoms with Crippen LogP contribution in [0.5, 0.6) is 0 Å². The lowest BCUT2D eigenvalue weighted by Gasteiger charge is -2.04. The summed E-state index contributed by atoms with van der Waals surface area (Å²) in [7, 11) is 2.77. The van der Waals surface area contributed by atoms with Crippen LogP contribution in [-0.2, 0) is 0 Å². The van der Waals surface area contributed by atoms with Gasteiger partial charge in [0.1, 0.15) is 0 Å². The first-order valence-corrected chi connectivity index (χ1v) is 4.33. The summed E-state index contributed by atoms with van der Waals surface area (Å²) in [6.07, 6.45) is 5.38. The molecule has 8 heavy (non-hydrogen) atoms. The van der Waals surface area contributed by atoms with Crippen LogP contribution in [0.15, 0.2) is 0 Å². The van der Waals surface area contributed by atoms with E-state index in [1.54, 1.807) is 0 Å². The van der Waals surface area contributed by atoms with Gasteiger partial charge >= 0.3 is 0 Å². The topological polar surface area (TPSA) is 0 Å². The molecule has 0 rings (SSSR count). The van der Waals surface area contributed by atoms with Crippen molar-refractivity contribution < 1.29 is 0 Å². The Morgan fingerprint density at radius 1 is 1.50 bits per heavy atom. The summed E-state index contributed by atoms with van der Waals surface area (Å²) >= 11 is 0. The van der Waals surface area contributed by atoms with Crippen LogP contribution in [-0.4, -0.2) is 6.16 Å². The molecular weight excluding hydrogens is 115 g/mol. The first-order chi connectivity index (χ1) is 3.81. The lowest BCUT2D eigenvalue weighted by atomic mass is 10.0. The predicted molar refractivity (Wildman–Crippen MR) is 43.3 cm³/mol. The summed E-state index contributed by atoms with van der Waals surface area (Å²) in [4.78, 5) is 0. The van der Waals surface area contributed by atoms with Crippen molar-refractivity contribution >= 4 is 9.24 Å². The van der Waals surface area contributed by atoms with Gasteiger partial charge in [-0.15, -0.1) is 9.24 Å². The molecule has 0 amide bonds. The van der Waals surface area contributed by atoms with Crippen LogP contribution in [0.2, 0.25) is 0 Å². The zero-order valence-corrected chi connectivity index (χ0v) is 7.14. The van der Waals surface area contributed by atoms with Crippen LogP contribution in [0.25, 0.3) is 0 Å². The van der Waals surface area contributed by atoms with Crippen LogP contribution >= 0.6 is 9.24 Å². The van der Waals surface area contributed by atoms with Crippen molar-refractivity contribution in [3.8, 4) is 0 Å². The van der Waals surface area contributed by atoms with E-state index in [9.17, 15) is 0 Å². The minimum atomic E-state index is 0.940. The zero-order chi connectivity index (χ0) is 6.41. The molecule has 0 aliphatic heterocycles. The smallest absolute Gasteiger partial charge is 0.0381 e. The van der Waals surface area contributed by atoms with Crippen molar-refractivity contribution in [2.24, 2.45) is 5.92 Å². The fourth-order valence-corrected chi connectivity index (χ4v) is 0.906. The Balaban J connectivity index is 2.86. The minimum absolute atomic E-state index is 0.940. The molecule has 0 aromatic heterocycles. The van der Waals surface area contributed by atoms with E-state index < -0.39 is 0 Å². The van der Waals surface area contributed by atoms with Gasteiger partial charge in [-0.25, -0.2) is 0 Å². The Kier molecular flexibility index (Phi) is 5.86. The molecule has 0 nitrogen and oxygen atoms in total. The van der Waals surface area contributed by atoms with Crippen molar-refractivity contribution in [1.82, 2.24) is 0 Å². The lowest BCUT2D eigenvalue weighted by Crippen LogP contribution is -1.91. The largest absolute Gasteiger partial charge is 0.138 e. The molecule has 0 bridgehead atoms. The molecule has 1 heteroatoms. The van der Waals surface area contributed by atoms with Gasteiger partial charge in [0, 0.05) is 0 Å². The summed E-state index contributed by atoms with van der Waals surface area (Å²) in [6, 6.07) is 0. The molecule has 0 radical (unpaired) electrons. The van der Waals surface area contributed by atoms with Crippen molar-refractivity contribution in [1.29, 1.82) is 0 Å². The summed E-state index contributed by atoms with van der Waals surface area (Å²) < 4.78 is 0. The van der Waals surface area contributed by atoms with Crippen LogP contribution in [0.1, 0.15) is 33.1 Å². The Hall–Kier alpha value is 0.430. The van der Waals surface area contributed by atoms with E-state index in [1.165, 1.54) is 25.4 Å². The highest BCUT2D eigenvalue weighted by Gasteiger charge is 1.94. The van der Waals surface area contributed by atoms with Gasteiger partial charge in [0.2, 0.25) is 0 Å². The first kappa shape index (κ1) is 8.43. The molecule has 0 heterocycles. The quantitative estimate of drug-likeness (QED) is 0.516. The SMILES string of the molecule is CCC(C)CCCP. The molecule has 2 unspecified atom stereocenters. The van der Waals surface area contributed by atoms with E-state index in [-0.39, 0.29) is 0 Å². The Labute approximate surface area is 55.3 Å². The summed E-state index contributed by atoms with van der Waals surface area (Å²) in [5, 5.41) is 0. The zero-order valence-electron chi connectivity index (χ0n) is 5.98. The van der Waals surface area contributed by atoms with Crippen molar-refractivity contribution in [3.63, 3.8) is 0 Å². The standard InChI is InChI=1S/C7H17P/c1-3-7(2)5-4-6-8/h7H,3-6,8H2,1-2H3. The molecule has 0 aliphatic carbocycles. The van der Waals surface area contributed by atoms with E-state index in [4.69, 9.17) is 0 Å². The third-order valence-corrected chi connectivity index (χ3v) is 2.01. The highest BCUT2D eigenvalue weighted by molar-refractivity contribution is 7.16. The molecule has 2 atom stereocenters. The number of hydrogen-bond donors (Lipinski definition) is 0. The van der Waals surface area contributed by atoms with Gasteiger partial charge in [0.05, 0.1) is 0 Å². The normalized spacial score (nSPS) is 13.9. The van der Waals surface area contributed by atoms with Gasteiger partial charge in [-0.05, 0) is 18.5 Å².